The van der Waals surface area contributed by atoms with E-state index in [1.807, 2.05) is 53.1 Å². The van der Waals surface area contributed by atoms with E-state index in [-0.39, 0.29) is 5.92 Å². The molecule has 0 aliphatic rings. The van der Waals surface area contributed by atoms with Crippen molar-refractivity contribution in [3.63, 3.8) is 0 Å². The number of methoxy groups -OCH3 is 1. The smallest absolute Gasteiger partial charge is 0.183 e. The third-order valence-electron chi connectivity index (χ3n) is 3.41. The number of fused-ring (bicyclic) bond motifs is 1. The van der Waals surface area contributed by atoms with Crippen molar-refractivity contribution in [2.45, 2.75) is 19.8 Å². The molecule has 0 fully saturated rings. The summed E-state index contributed by atoms with van der Waals surface area (Å²) in [4.78, 5) is 4.64. The summed E-state index contributed by atoms with van der Waals surface area (Å²) < 4.78 is 7.10. The maximum Gasteiger partial charge on any atom is 0.183 e. The first-order valence-electron chi connectivity index (χ1n) is 7.22. The Morgan fingerprint density at radius 3 is 2.50 bits per heavy atom. The minimum atomic E-state index is 0.282. The van der Waals surface area contributed by atoms with Crippen LogP contribution in [-0.2, 0) is 0 Å². The SMILES string of the molecule is COc1ccc(N=Nc2c(C(C)C)nc3ccccn23)cc1. The highest BCUT2D eigenvalue weighted by atomic mass is 16.5. The molecule has 112 valence electrons. The summed E-state index contributed by atoms with van der Waals surface area (Å²) in [5.74, 6) is 1.86. The topological polar surface area (TPSA) is 51.2 Å². The summed E-state index contributed by atoms with van der Waals surface area (Å²) in [7, 11) is 1.64. The van der Waals surface area contributed by atoms with Gasteiger partial charge in [0.15, 0.2) is 5.82 Å². The lowest BCUT2D eigenvalue weighted by Crippen LogP contribution is -1.87. The highest BCUT2D eigenvalue weighted by Crippen LogP contribution is 2.29. The maximum atomic E-state index is 5.14. The Kier molecular flexibility index (Phi) is 3.87. The first-order valence-corrected chi connectivity index (χ1v) is 7.22. The first-order chi connectivity index (χ1) is 10.7. The number of pyridine rings is 1. The molecule has 0 saturated heterocycles. The number of rotatable bonds is 4. The zero-order valence-electron chi connectivity index (χ0n) is 12.9. The monoisotopic (exact) mass is 294 g/mol. The van der Waals surface area contributed by atoms with Crippen molar-refractivity contribution in [2.75, 3.05) is 7.11 Å². The highest BCUT2D eigenvalue weighted by molar-refractivity contribution is 5.53. The van der Waals surface area contributed by atoms with Crippen LogP contribution in [0.25, 0.3) is 5.65 Å². The lowest BCUT2D eigenvalue weighted by Gasteiger charge is -2.02. The van der Waals surface area contributed by atoms with Crippen LogP contribution in [0.4, 0.5) is 11.5 Å². The van der Waals surface area contributed by atoms with Crippen molar-refractivity contribution >= 4 is 17.2 Å². The molecular weight excluding hydrogens is 276 g/mol. The molecule has 3 aromatic rings. The summed E-state index contributed by atoms with van der Waals surface area (Å²) >= 11 is 0. The summed E-state index contributed by atoms with van der Waals surface area (Å²) in [6.07, 6.45) is 1.95. The van der Waals surface area contributed by atoms with Crippen molar-refractivity contribution < 1.29 is 4.74 Å². The van der Waals surface area contributed by atoms with Crippen LogP contribution in [-0.4, -0.2) is 16.5 Å². The van der Waals surface area contributed by atoms with Gasteiger partial charge in [-0.15, -0.1) is 10.2 Å². The van der Waals surface area contributed by atoms with E-state index in [0.717, 1.165) is 28.6 Å². The average Bonchev–Trinajstić information content (AvgIpc) is 2.92. The molecule has 1 aromatic carbocycles. The molecule has 0 amide bonds. The molecule has 5 nitrogen and oxygen atoms in total. The molecule has 0 unspecified atom stereocenters. The molecule has 0 spiro atoms. The fraction of sp³-hybridized carbons (Fsp3) is 0.235. The lowest BCUT2D eigenvalue weighted by atomic mass is 10.1. The molecule has 5 heteroatoms. The molecule has 2 heterocycles. The van der Waals surface area contributed by atoms with Crippen LogP contribution in [0.5, 0.6) is 5.75 Å². The summed E-state index contributed by atoms with van der Waals surface area (Å²) in [6.45, 7) is 4.21. The first kappa shape index (κ1) is 14.3. The number of benzene rings is 1. The third-order valence-corrected chi connectivity index (χ3v) is 3.41. The molecule has 0 N–H and O–H groups in total. The Morgan fingerprint density at radius 2 is 1.82 bits per heavy atom. The van der Waals surface area contributed by atoms with E-state index < -0.39 is 0 Å². The van der Waals surface area contributed by atoms with E-state index >= 15 is 0 Å². The van der Waals surface area contributed by atoms with E-state index in [1.165, 1.54) is 0 Å². The predicted octanol–water partition coefficient (Wildman–Crippen LogP) is 4.88. The number of azo groups is 1. The van der Waals surface area contributed by atoms with Gasteiger partial charge >= 0.3 is 0 Å². The molecule has 0 saturated carbocycles. The van der Waals surface area contributed by atoms with Crippen molar-refractivity contribution in [3.8, 4) is 5.75 Å². The minimum Gasteiger partial charge on any atom is -0.497 e. The van der Waals surface area contributed by atoms with Gasteiger partial charge in [-0.2, -0.15) is 0 Å². The number of hydrogen-bond acceptors (Lipinski definition) is 4. The van der Waals surface area contributed by atoms with Gasteiger partial charge in [0.05, 0.1) is 18.5 Å². The summed E-state index contributed by atoms with van der Waals surface area (Å²) in [6, 6.07) is 13.4. The third kappa shape index (κ3) is 2.70. The molecule has 3 rings (SSSR count). The van der Waals surface area contributed by atoms with Gasteiger partial charge in [-0.1, -0.05) is 19.9 Å². The van der Waals surface area contributed by atoms with Crippen LogP contribution in [0.15, 0.2) is 58.9 Å². The average molecular weight is 294 g/mol. The van der Waals surface area contributed by atoms with Crippen LogP contribution in [0.2, 0.25) is 0 Å². The normalized spacial score (nSPS) is 11.6. The van der Waals surface area contributed by atoms with Crippen molar-refractivity contribution in [2.24, 2.45) is 10.2 Å². The highest BCUT2D eigenvalue weighted by Gasteiger charge is 2.14. The van der Waals surface area contributed by atoms with Gasteiger partial charge in [-0.05, 0) is 42.3 Å². The Labute approximate surface area is 129 Å². The minimum absolute atomic E-state index is 0.282. The van der Waals surface area contributed by atoms with Gasteiger partial charge in [0.25, 0.3) is 0 Å². The van der Waals surface area contributed by atoms with E-state index in [1.54, 1.807) is 7.11 Å². The van der Waals surface area contributed by atoms with E-state index in [2.05, 4.69) is 29.1 Å². The molecule has 0 aliphatic heterocycles. The Morgan fingerprint density at radius 1 is 1.05 bits per heavy atom. The molecule has 22 heavy (non-hydrogen) atoms. The maximum absolute atomic E-state index is 5.14. The molecular formula is C17H18N4O. The largest absolute Gasteiger partial charge is 0.497 e. The van der Waals surface area contributed by atoms with Gasteiger partial charge in [0, 0.05) is 6.20 Å². The fourth-order valence-electron chi connectivity index (χ4n) is 2.24. The molecule has 0 aliphatic carbocycles. The van der Waals surface area contributed by atoms with Gasteiger partial charge < -0.3 is 4.74 Å². The number of imidazole rings is 1. The van der Waals surface area contributed by atoms with Crippen molar-refractivity contribution in [3.05, 3.63) is 54.4 Å². The van der Waals surface area contributed by atoms with Crippen LogP contribution < -0.4 is 4.74 Å². The zero-order valence-corrected chi connectivity index (χ0v) is 12.9. The van der Waals surface area contributed by atoms with E-state index in [0.29, 0.717) is 0 Å². The summed E-state index contributed by atoms with van der Waals surface area (Å²) in [5, 5.41) is 8.75. The van der Waals surface area contributed by atoms with Crippen LogP contribution in [0.3, 0.4) is 0 Å². The van der Waals surface area contributed by atoms with Gasteiger partial charge in [0.2, 0.25) is 0 Å². The van der Waals surface area contributed by atoms with Gasteiger partial charge in [-0.3, -0.25) is 4.40 Å². The molecule has 2 aromatic heterocycles. The second-order valence-electron chi connectivity index (χ2n) is 5.30. The van der Waals surface area contributed by atoms with Crippen LogP contribution in [0.1, 0.15) is 25.5 Å². The van der Waals surface area contributed by atoms with E-state index in [9.17, 15) is 0 Å². The second-order valence-corrected chi connectivity index (χ2v) is 5.30. The summed E-state index contributed by atoms with van der Waals surface area (Å²) in [5.41, 5.74) is 2.61. The van der Waals surface area contributed by atoms with Crippen molar-refractivity contribution in [1.82, 2.24) is 9.38 Å². The van der Waals surface area contributed by atoms with Crippen molar-refractivity contribution in [1.29, 1.82) is 0 Å². The number of nitrogens with zero attached hydrogens (tertiary/aromatic N) is 4. The second kappa shape index (κ2) is 5.97. The van der Waals surface area contributed by atoms with Crippen LogP contribution in [0, 0.1) is 0 Å². The van der Waals surface area contributed by atoms with Crippen LogP contribution >= 0.6 is 0 Å². The Bertz CT molecular complexity index is 803. The lowest BCUT2D eigenvalue weighted by molar-refractivity contribution is 0.415. The quantitative estimate of drug-likeness (QED) is 0.644. The Hall–Kier alpha value is -2.69. The number of hydrogen-bond donors (Lipinski definition) is 0. The molecule has 0 atom stereocenters. The Balaban J connectivity index is 2.01. The number of ether oxygens (including phenoxy) is 1. The number of aromatic nitrogens is 2. The van der Waals surface area contributed by atoms with Gasteiger partial charge in [-0.25, -0.2) is 4.98 Å². The molecule has 0 radical (unpaired) electrons. The standard InChI is InChI=1S/C17H18N4O/c1-12(2)16-17(21-11-5-4-6-15(21)18-16)20-19-13-7-9-14(22-3)10-8-13/h4-12H,1-3H3. The van der Waals surface area contributed by atoms with Gasteiger partial charge in [0.1, 0.15) is 11.4 Å². The fourth-order valence-corrected chi connectivity index (χ4v) is 2.24. The molecule has 0 bridgehead atoms. The van der Waals surface area contributed by atoms with E-state index in [4.69, 9.17) is 4.74 Å². The predicted molar refractivity (Wildman–Crippen MR) is 86.5 cm³/mol. The zero-order chi connectivity index (χ0) is 15.5.